The normalized spacial score (nSPS) is 12.8. The van der Waals surface area contributed by atoms with Gasteiger partial charge in [-0.15, -0.1) is 0 Å². The number of hydrogen-bond acceptors (Lipinski definition) is 5. The van der Waals surface area contributed by atoms with E-state index in [1.54, 1.807) is 0 Å². The zero-order chi connectivity index (χ0) is 24.1. The zero-order valence-electron chi connectivity index (χ0n) is 20.7. The molecule has 0 spiro atoms. The van der Waals surface area contributed by atoms with Crippen molar-refractivity contribution in [3.05, 3.63) is 72.3 Å². The van der Waals surface area contributed by atoms with E-state index in [-0.39, 0.29) is 0 Å². The number of imidazole rings is 1. The summed E-state index contributed by atoms with van der Waals surface area (Å²) in [5.41, 5.74) is 4.86. The van der Waals surface area contributed by atoms with Crippen LogP contribution in [0.25, 0.3) is 0 Å². The van der Waals surface area contributed by atoms with Crippen LogP contribution in [0.4, 0.5) is 11.4 Å². The minimum absolute atomic E-state index is 0.723. The summed E-state index contributed by atoms with van der Waals surface area (Å²) in [5, 5.41) is 3.60. The summed E-state index contributed by atoms with van der Waals surface area (Å²) in [7, 11) is 0. The molecule has 2 heterocycles. The minimum atomic E-state index is 0.723. The molecule has 6 nitrogen and oxygen atoms in total. The molecule has 0 fully saturated rings. The van der Waals surface area contributed by atoms with E-state index in [0.29, 0.717) is 0 Å². The van der Waals surface area contributed by atoms with Crippen LogP contribution in [0.2, 0.25) is 0 Å². The maximum atomic E-state index is 5.88. The molecule has 1 N–H and O–H groups in total. The number of ether oxygens (including phenoxy) is 2. The molecule has 2 aromatic carbocycles. The van der Waals surface area contributed by atoms with E-state index in [1.165, 1.54) is 31.2 Å². The molecule has 1 aromatic heterocycles. The SMILES string of the molecule is [Tl][n]1cnc(CN2CCOc3ccc(NCCCCCCOCCCCc4ccccc4)cc32)c1. The molecular weight excluding hydrogens is 629 g/mol. The summed E-state index contributed by atoms with van der Waals surface area (Å²) in [6, 6.07) is 17.2. The first-order valence-corrected chi connectivity index (χ1v) is 14.9. The molecule has 0 bridgehead atoms. The summed E-state index contributed by atoms with van der Waals surface area (Å²) in [4.78, 5) is 6.90. The monoisotopic (exact) mass is 666 g/mol. The average Bonchev–Trinajstić information content (AvgIpc) is 3.30. The van der Waals surface area contributed by atoms with Crippen molar-refractivity contribution in [2.45, 2.75) is 51.5 Å². The number of unbranched alkanes of at least 4 members (excludes halogenated alkanes) is 4. The van der Waals surface area contributed by atoms with Crippen molar-refractivity contribution in [1.82, 2.24) is 7.36 Å². The van der Waals surface area contributed by atoms with E-state index >= 15 is 0 Å². The molecule has 0 radical (unpaired) electrons. The van der Waals surface area contributed by atoms with Crippen LogP contribution >= 0.6 is 0 Å². The van der Waals surface area contributed by atoms with Crippen LogP contribution < -0.4 is 15.0 Å². The molecule has 184 valence electrons. The first-order chi connectivity index (χ1) is 17.3. The molecule has 0 aliphatic carbocycles. The van der Waals surface area contributed by atoms with Crippen molar-refractivity contribution in [3.63, 3.8) is 0 Å². The summed E-state index contributed by atoms with van der Waals surface area (Å²) >= 11 is 0.761. The molecule has 0 atom stereocenters. The topological polar surface area (TPSA) is 51.5 Å². The molecular formula is C28H37N4O2Tl. The Labute approximate surface area is 226 Å². The van der Waals surface area contributed by atoms with Crippen molar-refractivity contribution >= 4 is 37.4 Å². The van der Waals surface area contributed by atoms with Gasteiger partial charge in [0, 0.05) is 13.2 Å². The van der Waals surface area contributed by atoms with Gasteiger partial charge in [-0.2, -0.15) is 0 Å². The van der Waals surface area contributed by atoms with Gasteiger partial charge >= 0.3 is 141 Å². The molecule has 3 aromatic rings. The van der Waals surface area contributed by atoms with E-state index in [2.05, 4.69) is 72.3 Å². The Balaban J connectivity index is 1.06. The third-order valence-corrected chi connectivity index (χ3v) is 7.42. The molecule has 1 aliphatic heterocycles. The first-order valence-electron chi connectivity index (χ1n) is 12.9. The average molecular weight is 666 g/mol. The van der Waals surface area contributed by atoms with Crippen LogP contribution in [0.3, 0.4) is 0 Å². The van der Waals surface area contributed by atoms with Crippen molar-refractivity contribution in [2.75, 3.05) is 43.1 Å². The van der Waals surface area contributed by atoms with Gasteiger partial charge in [0.15, 0.2) is 0 Å². The second kappa shape index (κ2) is 14.5. The van der Waals surface area contributed by atoms with E-state index in [0.717, 1.165) is 108 Å². The third-order valence-electron chi connectivity index (χ3n) is 6.32. The molecule has 0 saturated carbocycles. The first kappa shape index (κ1) is 26.0. The number of aryl methyl sites for hydroxylation is 1. The Morgan fingerprint density at radius 1 is 0.971 bits per heavy atom. The van der Waals surface area contributed by atoms with Gasteiger partial charge in [0.1, 0.15) is 0 Å². The quantitative estimate of drug-likeness (QED) is 0.178. The Kier molecular flexibility index (Phi) is 10.8. The van der Waals surface area contributed by atoms with Gasteiger partial charge in [0.25, 0.3) is 0 Å². The Morgan fingerprint density at radius 3 is 2.63 bits per heavy atom. The summed E-state index contributed by atoms with van der Waals surface area (Å²) in [6.07, 6.45) is 12.4. The van der Waals surface area contributed by atoms with E-state index in [9.17, 15) is 0 Å². The molecule has 1 aliphatic rings. The number of nitrogens with zero attached hydrogens (tertiary/aromatic N) is 3. The molecule has 4 rings (SSSR count). The van der Waals surface area contributed by atoms with E-state index < -0.39 is 0 Å². The molecule has 7 heteroatoms. The van der Waals surface area contributed by atoms with Gasteiger partial charge in [0.2, 0.25) is 0 Å². The van der Waals surface area contributed by atoms with Crippen molar-refractivity contribution in [1.29, 1.82) is 0 Å². The summed E-state index contributed by atoms with van der Waals surface area (Å²) in [5.74, 6) is 0.967. The van der Waals surface area contributed by atoms with Crippen LogP contribution in [0, 0.1) is 0 Å². The fraction of sp³-hybridized carbons (Fsp3) is 0.464. The predicted molar refractivity (Wildman–Crippen MR) is 144 cm³/mol. The van der Waals surface area contributed by atoms with Crippen LogP contribution in [-0.2, 0) is 17.7 Å². The zero-order valence-corrected chi connectivity index (χ0v) is 25.2. The number of anilines is 2. The van der Waals surface area contributed by atoms with Crippen molar-refractivity contribution in [2.24, 2.45) is 0 Å². The van der Waals surface area contributed by atoms with E-state index in [4.69, 9.17) is 9.47 Å². The molecule has 0 amide bonds. The van der Waals surface area contributed by atoms with Crippen LogP contribution in [-0.4, -0.2) is 66.3 Å². The van der Waals surface area contributed by atoms with Crippen molar-refractivity contribution in [3.8, 4) is 5.75 Å². The maximum absolute atomic E-state index is 5.88. The van der Waals surface area contributed by atoms with Gasteiger partial charge in [-0.3, -0.25) is 0 Å². The number of aromatic nitrogens is 2. The number of nitrogens with one attached hydrogen (secondary N) is 1. The van der Waals surface area contributed by atoms with Crippen LogP contribution in [0.1, 0.15) is 49.8 Å². The third kappa shape index (κ3) is 8.83. The van der Waals surface area contributed by atoms with E-state index in [1.807, 2.05) is 6.33 Å². The van der Waals surface area contributed by atoms with Gasteiger partial charge < -0.3 is 4.74 Å². The predicted octanol–water partition coefficient (Wildman–Crippen LogP) is 5.23. The number of rotatable bonds is 15. The number of fused-ring (bicyclic) bond motifs is 1. The van der Waals surface area contributed by atoms with Crippen LogP contribution in [0.5, 0.6) is 5.75 Å². The Hall–Kier alpha value is -2.07. The fourth-order valence-corrected chi connectivity index (χ4v) is 5.33. The number of hydrogen-bond donors (Lipinski definition) is 1. The Morgan fingerprint density at radius 2 is 1.80 bits per heavy atom. The molecule has 0 saturated heterocycles. The second-order valence-electron chi connectivity index (χ2n) is 9.16. The van der Waals surface area contributed by atoms with Gasteiger partial charge in [-0.1, -0.05) is 36.8 Å². The summed E-state index contributed by atoms with van der Waals surface area (Å²) in [6.45, 7) is 5.21. The number of benzene rings is 2. The molecule has 35 heavy (non-hydrogen) atoms. The van der Waals surface area contributed by atoms with Crippen molar-refractivity contribution < 1.29 is 9.47 Å². The van der Waals surface area contributed by atoms with Crippen LogP contribution in [0.15, 0.2) is 61.1 Å². The van der Waals surface area contributed by atoms with Gasteiger partial charge in [0.05, 0.1) is 0 Å². The summed E-state index contributed by atoms with van der Waals surface area (Å²) < 4.78 is 13.9. The standard InChI is InChI=1S/C28H37N4O2.Tl/c1(2-8-17-33-18-9-6-12-24-10-4-3-5-11-24)7-15-30-25-13-14-28-27(20-25)32(16-19-34-28)22-26-21-29-23-31-26;/h3-5,10-11,13-14,20-21,23,30H,1-2,6-9,12,15-19,22H2;/q-1;+1. The Bertz CT molecular complexity index is 1010. The second-order valence-corrected chi connectivity index (χ2v) is 11.5. The van der Waals surface area contributed by atoms with Gasteiger partial charge in [-0.25, -0.2) is 0 Å². The fourth-order valence-electron chi connectivity index (χ4n) is 4.40. The molecule has 0 unspecified atom stereocenters. The van der Waals surface area contributed by atoms with Gasteiger partial charge in [-0.05, 0) is 31.2 Å².